The fourth-order valence-corrected chi connectivity index (χ4v) is 4.94. The molecule has 0 radical (unpaired) electrons. The Morgan fingerprint density at radius 2 is 1.97 bits per heavy atom. The van der Waals surface area contributed by atoms with E-state index in [9.17, 15) is 4.79 Å². The number of anilines is 1. The van der Waals surface area contributed by atoms with Crippen LogP contribution in [0, 0.1) is 5.41 Å². The molecule has 3 aromatic heterocycles. The summed E-state index contributed by atoms with van der Waals surface area (Å²) in [7, 11) is 3.29. The molecule has 5 heterocycles. The van der Waals surface area contributed by atoms with Gasteiger partial charge in [0.1, 0.15) is 10.7 Å². The molecule has 2 aliphatic rings. The first-order chi connectivity index (χ1) is 15.5. The minimum absolute atomic E-state index is 0.109. The third-order valence-corrected chi connectivity index (χ3v) is 6.89. The molecule has 0 amide bonds. The number of nitrogens with one attached hydrogen (secondary N) is 1. The summed E-state index contributed by atoms with van der Waals surface area (Å²) in [4.78, 5) is 27.6. The molecule has 5 rings (SSSR count). The Morgan fingerprint density at radius 1 is 1.22 bits per heavy atom. The molecule has 0 bridgehead atoms. The van der Waals surface area contributed by atoms with Crippen LogP contribution in [0.1, 0.15) is 33.1 Å². The van der Waals surface area contributed by atoms with Crippen molar-refractivity contribution in [2.75, 3.05) is 38.3 Å². The van der Waals surface area contributed by atoms with Gasteiger partial charge < -0.3 is 19.4 Å². The maximum atomic E-state index is 13.3. The van der Waals surface area contributed by atoms with E-state index in [1.807, 2.05) is 13.8 Å². The Labute approximate surface area is 192 Å². The zero-order valence-electron chi connectivity index (χ0n) is 19.1. The minimum atomic E-state index is -0.109. The maximum absolute atomic E-state index is 13.3. The predicted molar refractivity (Wildman–Crippen MR) is 127 cm³/mol. The number of rotatable bonds is 3. The van der Waals surface area contributed by atoms with E-state index in [0.29, 0.717) is 44.4 Å². The smallest absolute Gasteiger partial charge is 0.264 e. The van der Waals surface area contributed by atoms with Crippen molar-refractivity contribution in [2.24, 2.45) is 12.5 Å². The monoisotopic (exact) mass is 459 g/mol. The highest BCUT2D eigenvalue weighted by molar-refractivity contribution is 6.35. The molecule has 1 N–H and O–H groups in total. The first-order valence-electron chi connectivity index (χ1n) is 11.1. The van der Waals surface area contributed by atoms with Crippen molar-refractivity contribution in [3.63, 3.8) is 0 Å². The maximum Gasteiger partial charge on any atom is 0.264 e. The molecule has 0 unspecified atom stereocenters. The molecule has 0 atom stereocenters. The summed E-state index contributed by atoms with van der Waals surface area (Å²) < 4.78 is 12.5. The molecule has 2 saturated heterocycles. The summed E-state index contributed by atoms with van der Waals surface area (Å²) in [5.41, 5.74) is 2.12. The van der Waals surface area contributed by atoms with E-state index in [1.54, 1.807) is 30.1 Å². The molecule has 0 aliphatic carbocycles. The van der Waals surface area contributed by atoms with Crippen molar-refractivity contribution >= 4 is 28.6 Å². The first-order valence-corrected chi connectivity index (χ1v) is 11.5. The van der Waals surface area contributed by atoms with Gasteiger partial charge in [-0.05, 0) is 30.7 Å². The van der Waals surface area contributed by atoms with Crippen LogP contribution in [0.4, 0.5) is 5.95 Å². The van der Waals surface area contributed by atoms with E-state index >= 15 is 0 Å². The molecule has 3 aromatic rings. The van der Waals surface area contributed by atoms with Crippen LogP contribution in [0.3, 0.4) is 0 Å². The number of aromatic nitrogens is 4. The number of ether oxygens (including phenoxy) is 2. The Balaban J connectivity index is 0.00000119. The van der Waals surface area contributed by atoms with Gasteiger partial charge in [-0.25, -0.2) is 4.98 Å². The van der Waals surface area contributed by atoms with Gasteiger partial charge in [-0.3, -0.25) is 9.36 Å². The first kappa shape index (κ1) is 22.6. The van der Waals surface area contributed by atoms with Gasteiger partial charge >= 0.3 is 0 Å². The van der Waals surface area contributed by atoms with Crippen molar-refractivity contribution < 1.29 is 9.47 Å². The Bertz CT molecular complexity index is 1160. The molecule has 2 fully saturated rings. The zero-order chi connectivity index (χ0) is 22.9. The Hall–Kier alpha value is -2.58. The lowest BCUT2D eigenvalue weighted by Crippen LogP contribution is -2.43. The number of methoxy groups -OCH3 is 1. The lowest BCUT2D eigenvalue weighted by atomic mass is 9.78. The molecule has 9 heteroatoms. The number of fused-ring (bicyclic) bond motifs is 1. The SMILES string of the molecule is CC.COc1nccc(-c2c[nH]c3nc(N4CCC5(CCOC5)CC4)n(C)c(=O)c23)c1Cl. The molecule has 32 heavy (non-hydrogen) atoms. The van der Waals surface area contributed by atoms with E-state index in [0.717, 1.165) is 45.6 Å². The highest BCUT2D eigenvalue weighted by Crippen LogP contribution is 2.40. The summed E-state index contributed by atoms with van der Waals surface area (Å²) >= 11 is 6.46. The van der Waals surface area contributed by atoms with Gasteiger partial charge in [-0.2, -0.15) is 4.98 Å². The van der Waals surface area contributed by atoms with Gasteiger partial charge in [0.2, 0.25) is 11.8 Å². The molecule has 0 aromatic carbocycles. The van der Waals surface area contributed by atoms with Gasteiger partial charge in [0.05, 0.1) is 19.1 Å². The second-order valence-corrected chi connectivity index (χ2v) is 8.55. The summed E-state index contributed by atoms with van der Waals surface area (Å²) in [5.74, 6) is 1.01. The van der Waals surface area contributed by atoms with Crippen molar-refractivity contribution in [3.8, 4) is 17.0 Å². The second kappa shape index (κ2) is 9.11. The minimum Gasteiger partial charge on any atom is -0.480 e. The number of aromatic amines is 1. The van der Waals surface area contributed by atoms with Crippen LogP contribution in [-0.4, -0.2) is 52.9 Å². The van der Waals surface area contributed by atoms with E-state index < -0.39 is 0 Å². The zero-order valence-corrected chi connectivity index (χ0v) is 19.8. The van der Waals surface area contributed by atoms with Crippen LogP contribution in [0.5, 0.6) is 5.88 Å². The number of piperidine rings is 1. The molecule has 1 spiro atoms. The number of pyridine rings is 1. The Morgan fingerprint density at radius 3 is 2.62 bits per heavy atom. The average Bonchev–Trinajstić information content (AvgIpc) is 3.46. The Kier molecular flexibility index (Phi) is 6.44. The largest absolute Gasteiger partial charge is 0.480 e. The number of H-pyrrole nitrogens is 1. The predicted octanol–water partition coefficient (Wildman–Crippen LogP) is 4.02. The van der Waals surface area contributed by atoms with Gasteiger partial charge in [0.25, 0.3) is 5.56 Å². The number of halogens is 1. The van der Waals surface area contributed by atoms with Crippen molar-refractivity contribution in [3.05, 3.63) is 33.8 Å². The summed E-state index contributed by atoms with van der Waals surface area (Å²) in [6, 6.07) is 1.77. The van der Waals surface area contributed by atoms with Crippen LogP contribution in [0.25, 0.3) is 22.2 Å². The van der Waals surface area contributed by atoms with E-state index in [1.165, 1.54) is 7.11 Å². The highest BCUT2D eigenvalue weighted by atomic mass is 35.5. The van der Waals surface area contributed by atoms with Gasteiger partial charge in [-0.15, -0.1) is 0 Å². The standard InChI is InChI=1S/C21H24ClN5O3.C2H6/c1-26-19(28)15-14(13-3-7-23-18(29-2)16(13)22)11-24-17(15)25-20(26)27-8-4-21(5-9-27)6-10-30-12-21;1-2/h3,7,11,24H,4-6,8-10,12H2,1-2H3;1-2H3. The molecular weight excluding hydrogens is 430 g/mol. The van der Waals surface area contributed by atoms with E-state index in [-0.39, 0.29) is 5.56 Å². The number of nitrogens with zero attached hydrogens (tertiary/aromatic N) is 4. The average molecular weight is 460 g/mol. The summed E-state index contributed by atoms with van der Waals surface area (Å²) in [6.45, 7) is 7.45. The van der Waals surface area contributed by atoms with Gasteiger partial charge in [0, 0.05) is 50.3 Å². The fraction of sp³-hybridized carbons (Fsp3) is 0.522. The second-order valence-electron chi connectivity index (χ2n) is 8.17. The van der Waals surface area contributed by atoms with Gasteiger partial charge in [0.15, 0.2) is 0 Å². The highest BCUT2D eigenvalue weighted by Gasteiger charge is 2.38. The van der Waals surface area contributed by atoms with Crippen LogP contribution >= 0.6 is 11.6 Å². The summed E-state index contributed by atoms with van der Waals surface area (Å²) in [6.07, 6.45) is 6.63. The normalized spacial score (nSPS) is 17.5. The van der Waals surface area contributed by atoms with Gasteiger partial charge in [-0.1, -0.05) is 25.4 Å². The van der Waals surface area contributed by atoms with Crippen molar-refractivity contribution in [1.29, 1.82) is 0 Å². The lowest BCUT2D eigenvalue weighted by Gasteiger charge is -2.39. The quantitative estimate of drug-likeness (QED) is 0.636. The third-order valence-electron chi connectivity index (χ3n) is 6.52. The van der Waals surface area contributed by atoms with Crippen LogP contribution in [0.15, 0.2) is 23.3 Å². The molecule has 172 valence electrons. The topological polar surface area (TPSA) is 85.3 Å². The number of hydrogen-bond acceptors (Lipinski definition) is 6. The molecule has 0 saturated carbocycles. The molecule has 8 nitrogen and oxygen atoms in total. The van der Waals surface area contributed by atoms with Crippen molar-refractivity contribution in [1.82, 2.24) is 19.5 Å². The van der Waals surface area contributed by atoms with Crippen LogP contribution in [-0.2, 0) is 11.8 Å². The van der Waals surface area contributed by atoms with Crippen LogP contribution in [0.2, 0.25) is 5.02 Å². The van der Waals surface area contributed by atoms with E-state index in [4.69, 9.17) is 26.1 Å². The molecule has 2 aliphatic heterocycles. The van der Waals surface area contributed by atoms with Crippen molar-refractivity contribution in [2.45, 2.75) is 33.1 Å². The fourth-order valence-electron chi connectivity index (χ4n) is 4.65. The van der Waals surface area contributed by atoms with E-state index in [2.05, 4.69) is 14.9 Å². The van der Waals surface area contributed by atoms with Crippen LogP contribution < -0.4 is 15.2 Å². The number of hydrogen-bond donors (Lipinski definition) is 1. The third kappa shape index (κ3) is 3.75. The lowest BCUT2D eigenvalue weighted by molar-refractivity contribution is 0.133. The molecular formula is C23H30ClN5O3. The summed E-state index contributed by atoms with van der Waals surface area (Å²) in [5, 5.41) is 0.876.